The number of thiophene rings is 1. The van der Waals surface area contributed by atoms with E-state index in [1.807, 2.05) is 17.5 Å². The van der Waals surface area contributed by atoms with Crippen molar-refractivity contribution in [2.45, 2.75) is 19.4 Å². The van der Waals surface area contributed by atoms with Gasteiger partial charge in [0.05, 0.1) is 10.4 Å². The van der Waals surface area contributed by atoms with Crippen LogP contribution >= 0.6 is 11.3 Å². The van der Waals surface area contributed by atoms with Crippen LogP contribution in [0, 0.1) is 0 Å². The van der Waals surface area contributed by atoms with Crippen LogP contribution in [-0.4, -0.2) is 23.6 Å². The van der Waals surface area contributed by atoms with Gasteiger partial charge in [0.1, 0.15) is 12.3 Å². The van der Waals surface area contributed by atoms with Gasteiger partial charge in [-0.05, 0) is 42.1 Å². The molecule has 0 radical (unpaired) electrons. The van der Waals surface area contributed by atoms with Crippen molar-refractivity contribution in [3.8, 4) is 10.6 Å². The van der Waals surface area contributed by atoms with Crippen molar-refractivity contribution in [1.82, 2.24) is 5.16 Å². The lowest BCUT2D eigenvalue weighted by Crippen LogP contribution is -2.23. The topological polar surface area (TPSA) is 72.6 Å². The summed E-state index contributed by atoms with van der Waals surface area (Å²) >= 11 is 1.55. The fourth-order valence-corrected chi connectivity index (χ4v) is 3.51. The molecule has 0 N–H and O–H groups in total. The van der Waals surface area contributed by atoms with E-state index in [0.717, 1.165) is 23.5 Å². The minimum absolute atomic E-state index is 0.0417. The highest BCUT2D eigenvalue weighted by Gasteiger charge is 2.21. The monoisotopic (exact) mass is 368 g/mol. The summed E-state index contributed by atoms with van der Waals surface area (Å²) in [6.45, 7) is 0.765. The summed E-state index contributed by atoms with van der Waals surface area (Å²) in [5.41, 5.74) is 1.80. The van der Waals surface area contributed by atoms with E-state index in [0.29, 0.717) is 23.4 Å². The molecule has 0 unspecified atom stereocenters. The lowest BCUT2D eigenvalue weighted by molar-refractivity contribution is -0.117. The minimum Gasteiger partial charge on any atom is -0.455 e. The second-order valence-electron chi connectivity index (χ2n) is 5.93. The predicted octanol–water partition coefficient (Wildman–Crippen LogP) is 3.89. The number of aromatic nitrogens is 1. The molecule has 1 aliphatic heterocycles. The average Bonchev–Trinajstić information content (AvgIpc) is 3.41. The Balaban J connectivity index is 1.37. The SMILES string of the molecule is O=C(OCc1cc(-c2cccs2)on1)c1ccc(N2CCCC2=O)cc1. The van der Waals surface area contributed by atoms with E-state index in [-0.39, 0.29) is 12.5 Å². The number of carbonyl (C=O) groups is 2. The number of benzene rings is 1. The number of hydrogen-bond acceptors (Lipinski definition) is 6. The first kappa shape index (κ1) is 16.5. The Bertz CT molecular complexity index is 915. The first-order chi connectivity index (χ1) is 12.7. The summed E-state index contributed by atoms with van der Waals surface area (Å²) < 4.78 is 10.6. The van der Waals surface area contributed by atoms with Crippen molar-refractivity contribution in [3.05, 3.63) is 59.1 Å². The smallest absolute Gasteiger partial charge is 0.338 e. The molecule has 1 fully saturated rings. The van der Waals surface area contributed by atoms with Crippen LogP contribution in [0.2, 0.25) is 0 Å². The molecule has 1 aromatic carbocycles. The molecule has 0 bridgehead atoms. The number of esters is 1. The maximum atomic E-state index is 12.2. The Morgan fingerprint density at radius 2 is 2.12 bits per heavy atom. The molecular formula is C19H16N2O4S. The quantitative estimate of drug-likeness (QED) is 0.639. The van der Waals surface area contributed by atoms with Crippen LogP contribution in [0.4, 0.5) is 5.69 Å². The summed E-state index contributed by atoms with van der Waals surface area (Å²) in [5.74, 6) is 0.337. The van der Waals surface area contributed by atoms with Crippen LogP contribution in [0.5, 0.6) is 0 Å². The first-order valence-electron chi connectivity index (χ1n) is 8.28. The van der Waals surface area contributed by atoms with Crippen molar-refractivity contribution in [2.75, 3.05) is 11.4 Å². The van der Waals surface area contributed by atoms with Crippen molar-refractivity contribution in [3.63, 3.8) is 0 Å². The number of amides is 1. The molecule has 6 nitrogen and oxygen atoms in total. The minimum atomic E-state index is -0.440. The highest BCUT2D eigenvalue weighted by Crippen LogP contribution is 2.25. The number of carbonyl (C=O) groups excluding carboxylic acids is 2. The molecular weight excluding hydrogens is 352 g/mol. The third-order valence-corrected chi connectivity index (χ3v) is 5.05. The summed E-state index contributed by atoms with van der Waals surface area (Å²) in [7, 11) is 0. The fraction of sp³-hybridized carbons (Fsp3) is 0.211. The molecule has 1 aliphatic rings. The van der Waals surface area contributed by atoms with E-state index in [2.05, 4.69) is 5.16 Å². The van der Waals surface area contributed by atoms with Crippen molar-refractivity contribution >= 4 is 28.9 Å². The summed E-state index contributed by atoms with van der Waals surface area (Å²) in [6.07, 6.45) is 1.45. The molecule has 3 heterocycles. The zero-order chi connectivity index (χ0) is 17.9. The van der Waals surface area contributed by atoms with Gasteiger partial charge in [0.15, 0.2) is 5.76 Å². The highest BCUT2D eigenvalue weighted by atomic mass is 32.1. The van der Waals surface area contributed by atoms with E-state index >= 15 is 0 Å². The number of nitrogens with zero attached hydrogens (tertiary/aromatic N) is 2. The maximum Gasteiger partial charge on any atom is 0.338 e. The molecule has 0 spiro atoms. The van der Waals surface area contributed by atoms with Gasteiger partial charge in [-0.15, -0.1) is 11.3 Å². The van der Waals surface area contributed by atoms with Gasteiger partial charge >= 0.3 is 5.97 Å². The van der Waals surface area contributed by atoms with Crippen LogP contribution < -0.4 is 4.90 Å². The fourth-order valence-electron chi connectivity index (χ4n) is 2.84. The number of rotatable bonds is 5. The Labute approximate surface area is 154 Å². The molecule has 0 atom stereocenters. The van der Waals surface area contributed by atoms with E-state index in [4.69, 9.17) is 9.26 Å². The predicted molar refractivity (Wildman–Crippen MR) is 97.0 cm³/mol. The van der Waals surface area contributed by atoms with Gasteiger partial charge < -0.3 is 14.2 Å². The van der Waals surface area contributed by atoms with Crippen LogP contribution in [0.1, 0.15) is 28.9 Å². The van der Waals surface area contributed by atoms with Gasteiger partial charge in [0, 0.05) is 24.7 Å². The normalized spacial score (nSPS) is 14.0. The molecule has 2 aromatic heterocycles. The van der Waals surface area contributed by atoms with Gasteiger partial charge in [0.2, 0.25) is 5.91 Å². The van der Waals surface area contributed by atoms with Crippen molar-refractivity contribution in [1.29, 1.82) is 0 Å². The van der Waals surface area contributed by atoms with Crippen LogP contribution in [0.15, 0.2) is 52.4 Å². The molecule has 26 heavy (non-hydrogen) atoms. The van der Waals surface area contributed by atoms with E-state index < -0.39 is 5.97 Å². The summed E-state index contributed by atoms with van der Waals surface area (Å²) in [6, 6.07) is 12.5. The first-order valence-corrected chi connectivity index (χ1v) is 9.16. The standard InChI is InChI=1S/C19H16N2O4S/c22-18-4-1-9-21(18)15-7-5-13(6-8-15)19(23)24-12-14-11-16(25-20-14)17-3-2-10-26-17/h2-3,5-8,10-11H,1,4,9,12H2. The second-order valence-corrected chi connectivity index (χ2v) is 6.88. The summed E-state index contributed by atoms with van der Waals surface area (Å²) in [5, 5.41) is 5.88. The zero-order valence-corrected chi connectivity index (χ0v) is 14.7. The Morgan fingerprint density at radius 3 is 2.81 bits per heavy atom. The van der Waals surface area contributed by atoms with E-state index in [9.17, 15) is 9.59 Å². The number of hydrogen-bond donors (Lipinski definition) is 0. The largest absolute Gasteiger partial charge is 0.455 e. The van der Waals surface area contributed by atoms with Crippen molar-refractivity contribution < 1.29 is 18.8 Å². The summed E-state index contributed by atoms with van der Waals surface area (Å²) in [4.78, 5) is 26.7. The molecule has 1 amide bonds. The second kappa shape index (κ2) is 7.13. The molecule has 132 valence electrons. The van der Waals surface area contributed by atoms with Gasteiger partial charge in [-0.3, -0.25) is 4.79 Å². The molecule has 3 aromatic rings. The van der Waals surface area contributed by atoms with Gasteiger partial charge in [-0.2, -0.15) is 0 Å². The third-order valence-electron chi connectivity index (χ3n) is 4.16. The van der Waals surface area contributed by atoms with Crippen molar-refractivity contribution in [2.24, 2.45) is 0 Å². The third kappa shape index (κ3) is 3.39. The maximum absolute atomic E-state index is 12.2. The molecule has 4 rings (SSSR count). The number of anilines is 1. The Kier molecular flexibility index (Phi) is 4.53. The number of ether oxygens (including phenoxy) is 1. The van der Waals surface area contributed by atoms with Gasteiger partial charge in [-0.25, -0.2) is 4.79 Å². The van der Waals surface area contributed by atoms with Gasteiger partial charge in [-0.1, -0.05) is 11.2 Å². The molecule has 1 saturated heterocycles. The van der Waals surface area contributed by atoms with Gasteiger partial charge in [0.25, 0.3) is 0 Å². The lowest BCUT2D eigenvalue weighted by Gasteiger charge is -2.15. The van der Waals surface area contributed by atoms with Crippen LogP contribution in [-0.2, 0) is 16.1 Å². The molecule has 7 heteroatoms. The molecule has 0 aliphatic carbocycles. The molecule has 0 saturated carbocycles. The van der Waals surface area contributed by atoms with Crippen LogP contribution in [0.3, 0.4) is 0 Å². The van der Waals surface area contributed by atoms with E-state index in [1.54, 1.807) is 46.6 Å². The van der Waals surface area contributed by atoms with E-state index in [1.165, 1.54) is 0 Å². The lowest BCUT2D eigenvalue weighted by atomic mass is 10.2. The average molecular weight is 368 g/mol. The zero-order valence-electron chi connectivity index (χ0n) is 13.9. The Hall–Kier alpha value is -2.93. The Morgan fingerprint density at radius 1 is 1.27 bits per heavy atom. The highest BCUT2D eigenvalue weighted by molar-refractivity contribution is 7.13. The van der Waals surface area contributed by atoms with Crippen LogP contribution in [0.25, 0.3) is 10.6 Å².